The number of amides is 4. The summed E-state index contributed by atoms with van der Waals surface area (Å²) >= 11 is 0. The van der Waals surface area contributed by atoms with Crippen LogP contribution in [0.15, 0.2) is 54.7 Å². The molecule has 45 heavy (non-hydrogen) atoms. The van der Waals surface area contributed by atoms with Crippen LogP contribution in [0.25, 0.3) is 11.3 Å². The van der Waals surface area contributed by atoms with Crippen LogP contribution in [0, 0.1) is 0 Å². The highest BCUT2D eigenvalue weighted by Crippen LogP contribution is 2.25. The zero-order valence-electron chi connectivity index (χ0n) is 26.8. The molecule has 1 aliphatic rings. The fourth-order valence-electron chi connectivity index (χ4n) is 4.92. The highest BCUT2D eigenvalue weighted by atomic mass is 16.6. The van der Waals surface area contributed by atoms with Crippen LogP contribution in [0.3, 0.4) is 0 Å². The highest BCUT2D eigenvalue weighted by Gasteiger charge is 2.25. The van der Waals surface area contributed by atoms with E-state index in [2.05, 4.69) is 31.3 Å². The number of urea groups is 1. The lowest BCUT2D eigenvalue weighted by Crippen LogP contribution is -2.48. The molecule has 0 radical (unpaired) electrons. The summed E-state index contributed by atoms with van der Waals surface area (Å²) in [6.07, 6.45) is 4.37. The molecular weight excluding hydrogens is 572 g/mol. The molecule has 0 spiro atoms. The first-order valence-electron chi connectivity index (χ1n) is 15.5. The fraction of sp³-hybridized carbons (Fsp3) is 0.424. The first kappa shape index (κ1) is 33.2. The third-order valence-corrected chi connectivity index (χ3v) is 7.02. The lowest BCUT2D eigenvalue weighted by molar-refractivity contribution is -0.0181. The Labute approximate surface area is 264 Å². The largest absolute Gasteiger partial charge is 0.444 e. The molecule has 1 fully saturated rings. The second-order valence-electron chi connectivity index (χ2n) is 11.7. The van der Waals surface area contributed by atoms with Crippen molar-refractivity contribution in [2.75, 3.05) is 42.1 Å². The summed E-state index contributed by atoms with van der Waals surface area (Å²) in [6, 6.07) is 14.1. The third-order valence-electron chi connectivity index (χ3n) is 7.02. The van der Waals surface area contributed by atoms with Gasteiger partial charge in [-0.25, -0.2) is 24.6 Å². The maximum absolute atomic E-state index is 13.5. The Morgan fingerprint density at radius 1 is 0.933 bits per heavy atom. The van der Waals surface area contributed by atoms with Gasteiger partial charge in [0.05, 0.1) is 11.3 Å². The standard InChI is InChI=1S/C33H44N8O4/c1-6-34-29-26(30(42)41(7-2)40-19-9-8-10-20-40)16-17-27(38-29)24-12-14-25(15-13-24)37-31(43)36-22-23-11-18-28(35-21-23)39-32(44)45-33(3,4)5/h11-18,21H,6-10,19-20,22H2,1-5H3,(H,34,38)(H,35,39,44)(H2,36,37,43). The van der Waals surface area contributed by atoms with Crippen LogP contribution in [0.1, 0.15) is 69.8 Å². The van der Waals surface area contributed by atoms with Gasteiger partial charge in [-0.15, -0.1) is 0 Å². The number of nitrogens with zero attached hydrogens (tertiary/aromatic N) is 4. The van der Waals surface area contributed by atoms with E-state index in [1.54, 1.807) is 51.2 Å². The average Bonchev–Trinajstić information content (AvgIpc) is 3.01. The molecule has 12 nitrogen and oxygen atoms in total. The molecule has 240 valence electrons. The van der Waals surface area contributed by atoms with Gasteiger partial charge in [-0.05, 0) is 83.4 Å². The van der Waals surface area contributed by atoms with Crippen LogP contribution < -0.4 is 21.3 Å². The number of carbonyl (C=O) groups excluding carboxylic acids is 3. The van der Waals surface area contributed by atoms with Gasteiger partial charge in [-0.1, -0.05) is 24.6 Å². The smallest absolute Gasteiger partial charge is 0.413 e. The molecule has 4 N–H and O–H groups in total. The van der Waals surface area contributed by atoms with Crippen LogP contribution in [-0.2, 0) is 11.3 Å². The quantitative estimate of drug-likeness (QED) is 0.214. The van der Waals surface area contributed by atoms with E-state index in [9.17, 15) is 14.4 Å². The van der Waals surface area contributed by atoms with Crippen LogP contribution >= 0.6 is 0 Å². The predicted octanol–water partition coefficient (Wildman–Crippen LogP) is 6.11. The van der Waals surface area contributed by atoms with Crippen LogP contribution in [0.5, 0.6) is 0 Å². The van der Waals surface area contributed by atoms with E-state index in [4.69, 9.17) is 9.72 Å². The van der Waals surface area contributed by atoms with Crippen molar-refractivity contribution < 1.29 is 19.1 Å². The van der Waals surface area contributed by atoms with Crippen molar-refractivity contribution in [3.05, 3.63) is 65.9 Å². The summed E-state index contributed by atoms with van der Waals surface area (Å²) in [5.41, 5.74) is 2.89. The van der Waals surface area contributed by atoms with Gasteiger partial charge >= 0.3 is 12.1 Å². The number of pyridine rings is 2. The molecule has 1 aliphatic heterocycles. The number of rotatable bonds is 10. The number of piperidine rings is 1. The molecule has 0 atom stereocenters. The van der Waals surface area contributed by atoms with Crippen molar-refractivity contribution in [3.8, 4) is 11.3 Å². The first-order valence-corrected chi connectivity index (χ1v) is 15.5. The number of hydrogen-bond acceptors (Lipinski definition) is 8. The van der Waals surface area contributed by atoms with Crippen LogP contribution in [0.2, 0.25) is 0 Å². The average molecular weight is 617 g/mol. The molecule has 1 aromatic carbocycles. The molecule has 0 saturated carbocycles. The molecule has 4 amide bonds. The highest BCUT2D eigenvalue weighted by molar-refractivity contribution is 5.99. The van der Waals surface area contributed by atoms with E-state index in [0.29, 0.717) is 36.0 Å². The summed E-state index contributed by atoms with van der Waals surface area (Å²) in [5, 5.41) is 15.4. The first-order chi connectivity index (χ1) is 21.6. The van der Waals surface area contributed by atoms with Gasteiger partial charge in [0.1, 0.15) is 17.2 Å². The van der Waals surface area contributed by atoms with Crippen molar-refractivity contribution in [2.45, 2.75) is 66.0 Å². The molecule has 0 aliphatic carbocycles. The Kier molecular flexibility index (Phi) is 11.3. The van der Waals surface area contributed by atoms with Gasteiger partial charge < -0.3 is 20.7 Å². The Bertz CT molecular complexity index is 1450. The van der Waals surface area contributed by atoms with Crippen molar-refractivity contribution in [2.24, 2.45) is 0 Å². The number of anilines is 3. The minimum absolute atomic E-state index is 0.0517. The molecule has 2 aromatic heterocycles. The number of nitrogens with one attached hydrogen (secondary N) is 4. The molecule has 1 saturated heterocycles. The zero-order chi connectivity index (χ0) is 32.4. The molecular formula is C33H44N8O4. The molecule has 4 rings (SSSR count). The Morgan fingerprint density at radius 2 is 1.67 bits per heavy atom. The Morgan fingerprint density at radius 3 is 2.29 bits per heavy atom. The molecule has 3 aromatic rings. The monoisotopic (exact) mass is 616 g/mol. The van der Waals surface area contributed by atoms with Gasteiger partial charge in [-0.2, -0.15) is 0 Å². The minimum atomic E-state index is -0.606. The minimum Gasteiger partial charge on any atom is -0.444 e. The summed E-state index contributed by atoms with van der Waals surface area (Å²) in [7, 11) is 0. The topological polar surface area (TPSA) is 141 Å². The van der Waals surface area contributed by atoms with Gasteiger partial charge in [0.25, 0.3) is 5.91 Å². The lowest BCUT2D eigenvalue weighted by Gasteiger charge is -2.37. The summed E-state index contributed by atoms with van der Waals surface area (Å²) in [5.74, 6) is 0.857. The second kappa shape index (κ2) is 15.3. The van der Waals surface area contributed by atoms with Crippen molar-refractivity contribution in [3.63, 3.8) is 0 Å². The molecule has 0 bridgehead atoms. The van der Waals surface area contributed by atoms with Gasteiger partial charge in [0.15, 0.2) is 0 Å². The summed E-state index contributed by atoms with van der Waals surface area (Å²) in [6.45, 7) is 12.6. The van der Waals surface area contributed by atoms with E-state index in [-0.39, 0.29) is 18.5 Å². The molecule has 3 heterocycles. The Balaban J connectivity index is 1.33. The van der Waals surface area contributed by atoms with E-state index >= 15 is 0 Å². The normalized spacial score (nSPS) is 13.4. The SMILES string of the molecule is CCNc1nc(-c2ccc(NC(=O)NCc3ccc(NC(=O)OC(C)(C)C)nc3)cc2)ccc1C(=O)N(CC)N1CCCCC1. The number of hydrazine groups is 1. The summed E-state index contributed by atoms with van der Waals surface area (Å²) in [4.78, 5) is 47.0. The maximum atomic E-state index is 13.5. The van der Waals surface area contributed by atoms with Crippen LogP contribution in [0.4, 0.5) is 26.9 Å². The van der Waals surface area contributed by atoms with Crippen molar-refractivity contribution in [1.29, 1.82) is 0 Å². The van der Waals surface area contributed by atoms with Crippen LogP contribution in [-0.4, -0.2) is 69.8 Å². The second-order valence-corrected chi connectivity index (χ2v) is 11.7. The van der Waals surface area contributed by atoms with Crippen molar-refractivity contribution >= 4 is 35.4 Å². The van der Waals surface area contributed by atoms with E-state index in [0.717, 1.165) is 42.8 Å². The Hall–Kier alpha value is -4.71. The summed E-state index contributed by atoms with van der Waals surface area (Å²) < 4.78 is 5.22. The number of ether oxygens (including phenoxy) is 1. The predicted molar refractivity (Wildman–Crippen MR) is 176 cm³/mol. The van der Waals surface area contributed by atoms with Gasteiger partial charge in [0.2, 0.25) is 0 Å². The lowest BCUT2D eigenvalue weighted by atomic mass is 10.1. The third kappa shape index (κ3) is 9.64. The van der Waals surface area contributed by atoms with E-state index < -0.39 is 11.7 Å². The molecule has 12 heteroatoms. The molecule has 0 unspecified atom stereocenters. The van der Waals surface area contributed by atoms with E-state index in [1.165, 1.54) is 6.42 Å². The number of hydrogen-bond donors (Lipinski definition) is 4. The number of benzene rings is 1. The van der Waals surface area contributed by atoms with Gasteiger partial charge in [0, 0.05) is 50.2 Å². The van der Waals surface area contributed by atoms with E-state index in [1.807, 2.05) is 43.1 Å². The maximum Gasteiger partial charge on any atom is 0.413 e. The zero-order valence-corrected chi connectivity index (χ0v) is 26.8. The number of carbonyl (C=O) groups is 3. The fourth-order valence-corrected chi connectivity index (χ4v) is 4.92. The van der Waals surface area contributed by atoms with Gasteiger partial charge in [-0.3, -0.25) is 15.1 Å². The van der Waals surface area contributed by atoms with Crippen molar-refractivity contribution in [1.82, 2.24) is 25.3 Å². The number of aromatic nitrogens is 2.